The Morgan fingerprint density at radius 3 is 0.741 bits per heavy atom. The standard InChI is InChI=1S/C32H52N12O8.ClH.Rh/c45-41(46)21-19-20(22(42(47)48)24(44(51)52)23(21)43(49)50)32-39-30-18-12-6-4-10-16(18)28(37-30)35-26-14-8-2-1-7-13(14)25(33-26)34-27-15-9-3-5-11-17(15)29(36-27)38-31(19)40-32;;/h13-40H,1-12H2;1H;/q;;+3/p-1. The average Bonchev–Trinajstić information content (AvgIpc) is 3.90. The van der Waals surface area contributed by atoms with Gasteiger partial charge in [0.2, 0.25) is 0 Å². The molecule has 8 N–H and O–H groups in total. The Balaban J connectivity index is 0.00000203. The maximum atomic E-state index is 12.9. The zero-order valence-corrected chi connectivity index (χ0v) is 32.2. The predicted molar refractivity (Wildman–Crippen MR) is 188 cm³/mol. The molecule has 5 heterocycles. The fraction of sp³-hybridized carbons (Fsp3) is 1.00. The van der Waals surface area contributed by atoms with Crippen LogP contribution in [0.5, 0.6) is 0 Å². The van der Waals surface area contributed by atoms with E-state index >= 15 is 0 Å². The molecule has 9 aliphatic rings. The number of hydrogen-bond acceptors (Lipinski definition) is 16. The van der Waals surface area contributed by atoms with Crippen molar-refractivity contribution in [3.63, 3.8) is 0 Å². The van der Waals surface area contributed by atoms with Crippen LogP contribution in [0, 0.1) is 87.8 Å². The molecule has 8 bridgehead atoms. The van der Waals surface area contributed by atoms with Crippen molar-refractivity contribution in [3.05, 3.63) is 40.5 Å². The summed E-state index contributed by atoms with van der Waals surface area (Å²) in [5.74, 6) is -0.811. The summed E-state index contributed by atoms with van der Waals surface area (Å²) in [7, 11) is 4.53. The molecule has 5 saturated heterocycles. The summed E-state index contributed by atoms with van der Waals surface area (Å²) in [5, 5.41) is 81.0. The first kappa shape index (κ1) is 39.0. The Morgan fingerprint density at radius 1 is 0.352 bits per heavy atom. The monoisotopic (exact) mass is 870 g/mol. The van der Waals surface area contributed by atoms with Gasteiger partial charge in [-0.3, -0.25) is 83.0 Å². The molecule has 9 rings (SSSR count). The molecule has 20 atom stereocenters. The minimum absolute atomic E-state index is 0.0630. The molecular formula is C32H52ClN12O8Rh+2. The van der Waals surface area contributed by atoms with E-state index in [2.05, 4.69) is 52.2 Å². The van der Waals surface area contributed by atoms with Crippen LogP contribution in [0.4, 0.5) is 0 Å². The second-order valence-corrected chi connectivity index (χ2v) is 17.2. The number of hydrogen-bond donors (Lipinski definition) is 8. The van der Waals surface area contributed by atoms with Crippen molar-refractivity contribution in [3.8, 4) is 0 Å². The first-order valence-corrected chi connectivity index (χ1v) is 22.0. The van der Waals surface area contributed by atoms with E-state index in [1.165, 1.54) is 12.8 Å². The molecule has 0 radical (unpaired) electrons. The fourth-order valence-corrected chi connectivity index (χ4v) is 13.1. The van der Waals surface area contributed by atoms with Crippen molar-refractivity contribution in [2.75, 3.05) is 0 Å². The Morgan fingerprint density at radius 2 is 0.537 bits per heavy atom. The first-order valence-electron chi connectivity index (χ1n) is 19.9. The molecule has 9 fully saturated rings. The van der Waals surface area contributed by atoms with Gasteiger partial charge in [-0.2, -0.15) is 0 Å². The number of fused-ring (bicyclic) bond motifs is 20. The molecule has 5 aliphatic heterocycles. The molecule has 0 spiro atoms. The van der Waals surface area contributed by atoms with Crippen LogP contribution in [0.3, 0.4) is 0 Å². The zero-order valence-electron chi connectivity index (χ0n) is 29.8. The van der Waals surface area contributed by atoms with Crippen molar-refractivity contribution in [1.82, 2.24) is 42.5 Å². The van der Waals surface area contributed by atoms with Gasteiger partial charge in [0.25, 0.3) is 12.1 Å². The Bertz CT molecular complexity index is 1360. The van der Waals surface area contributed by atoms with Crippen LogP contribution in [0.2, 0.25) is 0 Å². The van der Waals surface area contributed by atoms with Crippen molar-refractivity contribution >= 4 is 9.69 Å². The maximum absolute atomic E-state index is 12.9. The van der Waals surface area contributed by atoms with Crippen LogP contribution in [-0.2, 0) is 17.3 Å². The predicted octanol–water partition coefficient (Wildman–Crippen LogP) is 0.313. The van der Waals surface area contributed by atoms with E-state index in [-0.39, 0.29) is 60.7 Å². The van der Waals surface area contributed by atoms with Crippen LogP contribution in [0.1, 0.15) is 77.0 Å². The third kappa shape index (κ3) is 6.65. The summed E-state index contributed by atoms with van der Waals surface area (Å²) in [4.78, 5) is 47.2. The number of nitrogens with one attached hydrogen (secondary N) is 8. The third-order valence-electron chi connectivity index (χ3n) is 15.1. The van der Waals surface area contributed by atoms with Gasteiger partial charge in [0.1, 0.15) is 0 Å². The summed E-state index contributed by atoms with van der Waals surface area (Å²) in [6, 6.07) is -8.81. The summed E-state index contributed by atoms with van der Waals surface area (Å²) in [5.41, 5.74) is 0. The molecular weight excluding hydrogens is 819 g/mol. The molecule has 4 saturated carbocycles. The molecule has 20 nitrogen and oxygen atoms in total. The van der Waals surface area contributed by atoms with Crippen LogP contribution in [0.25, 0.3) is 0 Å². The number of nitrogens with zero attached hydrogens (tertiary/aromatic N) is 4. The van der Waals surface area contributed by atoms with Gasteiger partial charge >= 0.3 is 39.1 Å². The van der Waals surface area contributed by atoms with Crippen LogP contribution < -0.4 is 42.5 Å². The quantitative estimate of drug-likeness (QED) is 0.107. The third-order valence-corrected chi connectivity index (χ3v) is 15.1. The Hall–Kier alpha value is -1.81. The van der Waals surface area contributed by atoms with Crippen LogP contribution in [0.15, 0.2) is 0 Å². The van der Waals surface area contributed by atoms with Gasteiger partial charge in [0, 0.05) is 19.7 Å². The van der Waals surface area contributed by atoms with E-state index < -0.39 is 68.0 Å². The molecule has 4 aliphatic carbocycles. The Labute approximate surface area is 326 Å². The van der Waals surface area contributed by atoms with E-state index in [4.69, 9.17) is 0 Å². The SMILES string of the molecule is O=[N+]([O-])C1C2C3NC4NC(NC5NC(NC6NC(NC(N3)C2C([N+](=O)[O-])C([N+](=O)[O-])C1[N+](=O)[O-])C1CCCCC61)C1CCCCC51)C1CCCCC41.[Cl][Rh+2]. The Kier molecular flexibility index (Phi) is 11.5. The minimum atomic E-state index is -2.38. The van der Waals surface area contributed by atoms with Crippen LogP contribution >= 0.6 is 9.69 Å². The normalized spacial score (nSPS) is 50.6. The van der Waals surface area contributed by atoms with Crippen molar-refractivity contribution in [2.45, 2.75) is 151 Å². The molecule has 22 heteroatoms. The second-order valence-electron chi connectivity index (χ2n) is 17.2. The molecule has 302 valence electrons. The van der Waals surface area contributed by atoms with Crippen molar-refractivity contribution in [2.24, 2.45) is 47.3 Å². The van der Waals surface area contributed by atoms with Gasteiger partial charge in [-0.25, -0.2) is 0 Å². The van der Waals surface area contributed by atoms with E-state index in [0.717, 1.165) is 64.2 Å². The zero-order chi connectivity index (χ0) is 38.0. The van der Waals surface area contributed by atoms with Crippen molar-refractivity contribution < 1.29 is 37.0 Å². The van der Waals surface area contributed by atoms with Gasteiger partial charge in [0.15, 0.2) is 0 Å². The second kappa shape index (κ2) is 15.9. The van der Waals surface area contributed by atoms with E-state index in [1.807, 2.05) is 17.3 Å². The molecule has 0 amide bonds. The number of halogens is 1. The molecule has 54 heavy (non-hydrogen) atoms. The van der Waals surface area contributed by atoms with E-state index in [0.29, 0.717) is 11.8 Å². The van der Waals surface area contributed by atoms with Crippen LogP contribution in [-0.4, -0.2) is 93.2 Å². The van der Waals surface area contributed by atoms with Gasteiger partial charge in [-0.05, 0) is 74.0 Å². The van der Waals surface area contributed by atoms with Gasteiger partial charge in [-0.15, -0.1) is 0 Å². The van der Waals surface area contributed by atoms with Crippen molar-refractivity contribution in [1.29, 1.82) is 0 Å². The topological polar surface area (TPSA) is 269 Å². The van der Waals surface area contributed by atoms with Gasteiger partial charge in [0.05, 0.1) is 61.2 Å². The summed E-state index contributed by atoms with van der Waals surface area (Å²) >= 11 is 2.02. The average molecular weight is 871 g/mol. The van der Waals surface area contributed by atoms with Gasteiger partial charge in [-0.1, -0.05) is 38.5 Å². The van der Waals surface area contributed by atoms with E-state index in [1.54, 1.807) is 0 Å². The summed E-state index contributed by atoms with van der Waals surface area (Å²) in [6.07, 6.45) is 10.1. The number of rotatable bonds is 4. The molecule has 0 aromatic heterocycles. The summed E-state index contributed by atoms with van der Waals surface area (Å²) in [6.45, 7) is 0. The van der Waals surface area contributed by atoms with Gasteiger partial charge < -0.3 is 0 Å². The first-order chi connectivity index (χ1) is 26.1. The molecule has 20 unspecified atom stereocenters. The summed E-state index contributed by atoms with van der Waals surface area (Å²) < 4.78 is 0. The fourth-order valence-electron chi connectivity index (χ4n) is 13.1. The molecule has 0 aromatic carbocycles. The van der Waals surface area contributed by atoms with E-state index in [9.17, 15) is 40.5 Å². The number of nitro groups is 4. The molecule has 0 aromatic rings.